The van der Waals surface area contributed by atoms with Gasteiger partial charge in [0.05, 0.1) is 18.3 Å². The summed E-state index contributed by atoms with van der Waals surface area (Å²) in [6.45, 7) is 3.75. The van der Waals surface area contributed by atoms with Crippen LogP contribution in [0, 0.1) is 17.5 Å². The molecule has 19 heteroatoms. The number of ether oxygens (including phenoxy) is 4. The van der Waals surface area contributed by atoms with Gasteiger partial charge in [0, 0.05) is 46.4 Å². The third kappa shape index (κ3) is 9.72. The lowest BCUT2D eigenvalue weighted by Gasteiger charge is -2.48. The minimum absolute atomic E-state index is 0.141. The molecule has 1 saturated heterocycles. The minimum atomic E-state index is -3.09. The number of aliphatic hydroxyl groups is 1. The Morgan fingerprint density at radius 2 is 1.71 bits per heavy atom. The second-order valence-electron chi connectivity index (χ2n) is 13.3. The fourth-order valence-corrected chi connectivity index (χ4v) is 7.87. The Balaban J connectivity index is 1.81. The van der Waals surface area contributed by atoms with E-state index < -0.39 is 126 Å². The van der Waals surface area contributed by atoms with Crippen molar-refractivity contribution in [2.75, 3.05) is 27.3 Å². The van der Waals surface area contributed by atoms with Gasteiger partial charge < -0.3 is 29.0 Å². The predicted octanol–water partition coefficient (Wildman–Crippen LogP) is 4.39. The Morgan fingerprint density at radius 3 is 2.24 bits per heavy atom. The number of carbonyl (C=O) groups is 3. The highest BCUT2D eigenvalue weighted by Crippen LogP contribution is 2.47. The molecule has 1 aliphatic heterocycles. The molecule has 51 heavy (non-hydrogen) atoms. The number of methoxy groups -OCH3 is 1. The van der Waals surface area contributed by atoms with Gasteiger partial charge in [-0.15, -0.1) is 16.9 Å². The number of esters is 2. The number of benzene rings is 1. The quantitative estimate of drug-likeness (QED) is 0.187. The number of hydrogen-bond acceptors (Lipinski definition) is 11. The zero-order valence-corrected chi connectivity index (χ0v) is 29.5. The van der Waals surface area contributed by atoms with Crippen LogP contribution >= 0.6 is 11.8 Å². The molecule has 12 nitrogen and oxygen atoms in total. The van der Waals surface area contributed by atoms with Gasteiger partial charge in [0.1, 0.15) is 46.9 Å². The average molecular weight is 755 g/mol. The van der Waals surface area contributed by atoms with E-state index in [1.165, 1.54) is 34.2 Å². The highest BCUT2D eigenvalue weighted by molar-refractivity contribution is 8.01. The highest BCUT2D eigenvalue weighted by Gasteiger charge is 2.56. The maximum atomic E-state index is 14.7. The molecule has 1 unspecified atom stereocenters. The largest absolute Gasteiger partial charge is 0.463 e. The molecule has 6 atom stereocenters. The van der Waals surface area contributed by atoms with Gasteiger partial charge in [-0.2, -0.15) is 0 Å². The lowest BCUT2D eigenvalue weighted by Crippen LogP contribution is -2.60. The first-order valence-corrected chi connectivity index (χ1v) is 16.8. The molecular formula is C32H40F6N4O8S. The van der Waals surface area contributed by atoms with E-state index in [9.17, 15) is 45.8 Å². The summed E-state index contributed by atoms with van der Waals surface area (Å²) in [6.07, 6.45) is -5.18. The third-order valence-electron chi connectivity index (χ3n) is 8.56. The number of rotatable bonds is 12. The zero-order chi connectivity index (χ0) is 38.1. The molecule has 0 bridgehead atoms. The average Bonchev–Trinajstić information content (AvgIpc) is 3.51. The van der Waals surface area contributed by atoms with Gasteiger partial charge in [0.25, 0.3) is 0 Å². The molecule has 1 saturated carbocycles. The molecular weight excluding hydrogens is 714 g/mol. The van der Waals surface area contributed by atoms with Crippen LogP contribution in [0.25, 0.3) is 11.3 Å². The number of amides is 1. The first-order chi connectivity index (χ1) is 23.6. The van der Waals surface area contributed by atoms with Crippen molar-refractivity contribution in [2.24, 2.45) is 0 Å². The molecule has 4 rings (SSSR count). The van der Waals surface area contributed by atoms with Crippen LogP contribution in [0.2, 0.25) is 0 Å². The van der Waals surface area contributed by atoms with E-state index in [0.29, 0.717) is 23.9 Å². The normalized spacial score (nSPS) is 25.2. The Bertz CT molecular complexity index is 1560. The van der Waals surface area contributed by atoms with Gasteiger partial charge in [-0.25, -0.2) is 31.0 Å². The first-order valence-electron chi connectivity index (χ1n) is 15.9. The molecule has 1 N–H and O–H groups in total. The molecule has 2 heterocycles. The van der Waals surface area contributed by atoms with Crippen molar-refractivity contribution in [3.05, 3.63) is 35.8 Å². The monoisotopic (exact) mass is 754 g/mol. The number of nitrogens with zero attached hydrogens (tertiary/aromatic N) is 4. The Hall–Kier alpha value is -3.42. The van der Waals surface area contributed by atoms with Crippen molar-refractivity contribution < 1.29 is 64.8 Å². The van der Waals surface area contributed by atoms with Crippen molar-refractivity contribution in [3.63, 3.8) is 0 Å². The number of thioether (sulfide) groups is 1. The van der Waals surface area contributed by atoms with Crippen LogP contribution in [0.3, 0.4) is 0 Å². The van der Waals surface area contributed by atoms with Crippen molar-refractivity contribution in [1.29, 1.82) is 0 Å². The van der Waals surface area contributed by atoms with E-state index in [4.69, 9.17) is 18.9 Å². The zero-order valence-electron chi connectivity index (χ0n) is 28.7. The van der Waals surface area contributed by atoms with Crippen molar-refractivity contribution in [2.45, 2.75) is 106 Å². The molecule has 1 aliphatic carbocycles. The number of alkyl halides is 3. The minimum Gasteiger partial charge on any atom is -0.463 e. The first kappa shape index (κ1) is 40.4. The van der Waals surface area contributed by atoms with E-state index >= 15 is 0 Å². The summed E-state index contributed by atoms with van der Waals surface area (Å²) in [7, 11) is 2.54. The summed E-state index contributed by atoms with van der Waals surface area (Å²) in [5, 5.41) is 18.3. The lowest BCUT2D eigenvalue weighted by atomic mass is 9.80. The van der Waals surface area contributed by atoms with E-state index in [0.717, 1.165) is 23.4 Å². The summed E-state index contributed by atoms with van der Waals surface area (Å²) >= 11 is 0.693. The summed E-state index contributed by atoms with van der Waals surface area (Å²) in [5.74, 6) is -10.1. The Morgan fingerprint density at radius 1 is 1.10 bits per heavy atom. The van der Waals surface area contributed by atoms with Crippen LogP contribution in [0.5, 0.6) is 0 Å². The molecule has 2 fully saturated rings. The van der Waals surface area contributed by atoms with Gasteiger partial charge in [-0.05, 0) is 38.8 Å². The highest BCUT2D eigenvalue weighted by atomic mass is 32.2. The molecule has 1 aromatic heterocycles. The Labute approximate surface area is 294 Å². The van der Waals surface area contributed by atoms with Crippen LogP contribution < -0.4 is 0 Å². The summed E-state index contributed by atoms with van der Waals surface area (Å²) in [5.41, 5.74) is -5.56. The number of halogens is 6. The van der Waals surface area contributed by atoms with Gasteiger partial charge in [0.15, 0.2) is 23.6 Å². The van der Waals surface area contributed by atoms with Gasteiger partial charge in [0.2, 0.25) is 11.8 Å². The van der Waals surface area contributed by atoms with Crippen LogP contribution in [0.1, 0.15) is 59.4 Å². The fraction of sp³-hybridized carbons (Fsp3) is 0.656. The second-order valence-corrected chi connectivity index (χ2v) is 14.5. The molecule has 2 aromatic rings. The van der Waals surface area contributed by atoms with E-state index in [-0.39, 0.29) is 11.3 Å². The van der Waals surface area contributed by atoms with Crippen LogP contribution in [-0.2, 0) is 33.3 Å². The van der Waals surface area contributed by atoms with Gasteiger partial charge in [-0.3, -0.25) is 14.4 Å². The van der Waals surface area contributed by atoms with E-state index in [1.807, 2.05) is 0 Å². The third-order valence-corrected chi connectivity index (χ3v) is 10.1. The van der Waals surface area contributed by atoms with Crippen LogP contribution in [0.4, 0.5) is 26.3 Å². The number of aromatic nitrogens is 3. The molecule has 284 valence electrons. The maximum Gasteiger partial charge on any atom is 0.303 e. The van der Waals surface area contributed by atoms with Crippen molar-refractivity contribution in [3.8, 4) is 11.3 Å². The maximum absolute atomic E-state index is 14.7. The molecule has 1 amide bonds. The summed E-state index contributed by atoms with van der Waals surface area (Å²) in [6, 6.07) is 0.136. The SMILES string of the molecule is CO[C@@H]1[C@@H](n2cc(-c3cc(F)c(F)c(F)c3)nn2)[C@@H](OC(C)=O)[C@@H](COC(C)=O)O[C@H]1SC(C(=O)N(C)CC(C)(C)F)C1(O)CCC(F)(F)CC1. The number of hydrogen-bond donors (Lipinski definition) is 1. The second kappa shape index (κ2) is 15.7. The Kier molecular flexibility index (Phi) is 12.4. The molecule has 1 aromatic carbocycles. The lowest BCUT2D eigenvalue weighted by molar-refractivity contribution is -0.208. The van der Waals surface area contributed by atoms with Gasteiger partial charge in [-0.1, -0.05) is 5.21 Å². The number of carbonyl (C=O) groups excluding carboxylic acids is 3. The molecule has 0 radical (unpaired) electrons. The standard InChI is InChI=1S/C32H40F6N4O8S/c1-16(43)48-14-22-25(49-17(2)44)24(42-13-21(39-40-42)18-11-19(33)23(35)20(34)12-18)26(47-6)29(50-22)51-27(28(45)41(5)15-30(3,4)36)31(46)7-9-32(37,38)10-8-31/h11-13,22,24-27,29,46H,7-10,14-15H2,1-6H3/t22-,24+,25+,26-,27?,29+/m1/s1. The summed E-state index contributed by atoms with van der Waals surface area (Å²) < 4.78 is 109. The fourth-order valence-electron chi connectivity index (χ4n) is 6.19. The van der Waals surface area contributed by atoms with Crippen LogP contribution in [-0.4, -0.2) is 116 Å². The molecule has 0 spiro atoms. The van der Waals surface area contributed by atoms with E-state index in [1.54, 1.807) is 0 Å². The summed E-state index contributed by atoms with van der Waals surface area (Å²) in [4.78, 5) is 39.3. The smallest absolute Gasteiger partial charge is 0.303 e. The van der Waals surface area contributed by atoms with Crippen molar-refractivity contribution in [1.82, 2.24) is 19.9 Å². The van der Waals surface area contributed by atoms with Crippen molar-refractivity contribution >= 4 is 29.6 Å². The van der Waals surface area contributed by atoms with Crippen LogP contribution in [0.15, 0.2) is 18.3 Å². The van der Waals surface area contributed by atoms with E-state index in [2.05, 4.69) is 10.3 Å². The predicted molar refractivity (Wildman–Crippen MR) is 169 cm³/mol. The molecule has 2 aliphatic rings. The van der Waals surface area contributed by atoms with Gasteiger partial charge >= 0.3 is 11.9 Å². The topological polar surface area (TPSA) is 142 Å².